The van der Waals surface area contributed by atoms with Crippen LogP contribution in [0.3, 0.4) is 0 Å². The first-order valence-corrected chi connectivity index (χ1v) is 4.30. The zero-order valence-corrected chi connectivity index (χ0v) is 7.74. The zero-order valence-electron chi connectivity index (χ0n) is 7.74. The predicted molar refractivity (Wildman–Crippen MR) is 52.2 cm³/mol. The zero-order chi connectivity index (χ0) is 9.97. The second kappa shape index (κ2) is 3.54. The van der Waals surface area contributed by atoms with Crippen LogP contribution in [-0.2, 0) is 0 Å². The molecule has 14 heavy (non-hydrogen) atoms. The van der Waals surface area contributed by atoms with Crippen LogP contribution < -0.4 is 0 Å². The van der Waals surface area contributed by atoms with E-state index in [-0.39, 0.29) is 0 Å². The van der Waals surface area contributed by atoms with Crippen molar-refractivity contribution in [3.63, 3.8) is 0 Å². The molecule has 1 heterocycles. The fourth-order valence-electron chi connectivity index (χ4n) is 1.16. The molecule has 1 aromatic heterocycles. The largest absolute Gasteiger partial charge is 0.233 e. The van der Waals surface area contributed by atoms with E-state index in [2.05, 4.69) is 9.97 Å². The van der Waals surface area contributed by atoms with Gasteiger partial charge in [0.25, 0.3) is 0 Å². The number of aromatic nitrogens is 2. The minimum atomic E-state index is -0.416. The van der Waals surface area contributed by atoms with Crippen LogP contribution in [0.5, 0.6) is 0 Å². The van der Waals surface area contributed by atoms with Crippen molar-refractivity contribution in [1.82, 2.24) is 9.97 Å². The van der Waals surface area contributed by atoms with E-state index >= 15 is 0 Å². The first kappa shape index (κ1) is 8.81. The third-order valence-electron chi connectivity index (χ3n) is 1.93. The highest BCUT2D eigenvalue weighted by Gasteiger charge is 1.99. The summed E-state index contributed by atoms with van der Waals surface area (Å²) in [5, 5.41) is 0. The van der Waals surface area contributed by atoms with Crippen LogP contribution >= 0.6 is 0 Å². The van der Waals surface area contributed by atoms with Crippen molar-refractivity contribution < 1.29 is 4.39 Å². The molecule has 0 aliphatic carbocycles. The van der Waals surface area contributed by atoms with E-state index in [0.29, 0.717) is 5.82 Å². The van der Waals surface area contributed by atoms with Crippen LogP contribution in [0.1, 0.15) is 5.56 Å². The Hall–Kier alpha value is -1.77. The Morgan fingerprint density at radius 2 is 1.57 bits per heavy atom. The number of benzene rings is 1. The van der Waals surface area contributed by atoms with Crippen molar-refractivity contribution in [2.45, 2.75) is 6.92 Å². The van der Waals surface area contributed by atoms with E-state index in [0.717, 1.165) is 5.56 Å². The summed E-state index contributed by atoms with van der Waals surface area (Å²) in [6.07, 6.45) is 2.34. The average Bonchev–Trinajstić information content (AvgIpc) is 2.21. The molecule has 0 saturated carbocycles. The van der Waals surface area contributed by atoms with Crippen LogP contribution in [-0.4, -0.2) is 9.97 Å². The van der Waals surface area contributed by atoms with Gasteiger partial charge in [-0.05, 0) is 6.92 Å². The van der Waals surface area contributed by atoms with Gasteiger partial charge in [-0.2, -0.15) is 0 Å². The number of hydrogen-bond donors (Lipinski definition) is 0. The molecule has 0 saturated heterocycles. The maximum Gasteiger partial charge on any atom is 0.159 e. The summed E-state index contributed by atoms with van der Waals surface area (Å²) in [7, 11) is 0. The fraction of sp³-hybridized carbons (Fsp3) is 0.0909. The highest BCUT2D eigenvalue weighted by Crippen LogP contribution is 2.14. The Balaban J connectivity index is 2.40. The van der Waals surface area contributed by atoms with Crippen LogP contribution in [0.4, 0.5) is 4.39 Å². The van der Waals surface area contributed by atoms with Gasteiger partial charge in [0.15, 0.2) is 11.6 Å². The molecule has 0 spiro atoms. The van der Waals surface area contributed by atoms with E-state index in [1.807, 2.05) is 31.2 Å². The molecule has 0 aliphatic heterocycles. The first-order chi connectivity index (χ1) is 6.75. The van der Waals surface area contributed by atoms with Crippen molar-refractivity contribution in [3.05, 3.63) is 48.0 Å². The van der Waals surface area contributed by atoms with Crippen LogP contribution in [0, 0.1) is 12.7 Å². The lowest BCUT2D eigenvalue weighted by atomic mass is 10.1. The minimum Gasteiger partial charge on any atom is -0.233 e. The maximum absolute atomic E-state index is 12.5. The normalized spacial score (nSPS) is 10.1. The van der Waals surface area contributed by atoms with Gasteiger partial charge in [-0.1, -0.05) is 29.8 Å². The van der Waals surface area contributed by atoms with Gasteiger partial charge in [-0.15, -0.1) is 0 Å². The van der Waals surface area contributed by atoms with E-state index < -0.39 is 5.82 Å². The van der Waals surface area contributed by atoms with Gasteiger partial charge in [0, 0.05) is 5.56 Å². The number of rotatable bonds is 1. The molecule has 0 N–H and O–H groups in total. The molecule has 1 aromatic carbocycles. The van der Waals surface area contributed by atoms with E-state index in [4.69, 9.17) is 0 Å². The van der Waals surface area contributed by atoms with Crippen molar-refractivity contribution >= 4 is 0 Å². The van der Waals surface area contributed by atoms with E-state index in [1.165, 1.54) is 18.0 Å². The number of halogens is 1. The molecule has 0 fully saturated rings. The van der Waals surface area contributed by atoms with Gasteiger partial charge in [0.05, 0.1) is 12.4 Å². The monoisotopic (exact) mass is 188 g/mol. The summed E-state index contributed by atoms with van der Waals surface area (Å²) >= 11 is 0. The van der Waals surface area contributed by atoms with E-state index in [9.17, 15) is 4.39 Å². The number of aryl methyl sites for hydroxylation is 1. The Morgan fingerprint density at radius 3 is 2.14 bits per heavy atom. The van der Waals surface area contributed by atoms with Crippen LogP contribution in [0.25, 0.3) is 11.4 Å². The fourth-order valence-corrected chi connectivity index (χ4v) is 1.16. The smallest absolute Gasteiger partial charge is 0.159 e. The van der Waals surface area contributed by atoms with Crippen LogP contribution in [0.15, 0.2) is 36.7 Å². The van der Waals surface area contributed by atoms with Crippen molar-refractivity contribution in [1.29, 1.82) is 0 Å². The summed E-state index contributed by atoms with van der Waals surface area (Å²) in [4.78, 5) is 7.78. The molecular formula is C11H9FN2. The molecule has 0 unspecified atom stereocenters. The van der Waals surface area contributed by atoms with Gasteiger partial charge < -0.3 is 0 Å². The molecule has 2 aromatic rings. The molecule has 0 aliphatic rings. The Morgan fingerprint density at radius 1 is 1.00 bits per heavy atom. The van der Waals surface area contributed by atoms with Gasteiger partial charge in [-0.3, -0.25) is 0 Å². The predicted octanol–water partition coefficient (Wildman–Crippen LogP) is 2.59. The van der Waals surface area contributed by atoms with Crippen LogP contribution in [0.2, 0.25) is 0 Å². The molecule has 0 atom stereocenters. The molecule has 0 amide bonds. The maximum atomic E-state index is 12.5. The Labute approximate surface area is 81.5 Å². The molecular weight excluding hydrogens is 179 g/mol. The minimum absolute atomic E-state index is 0.416. The molecule has 3 heteroatoms. The lowest BCUT2D eigenvalue weighted by Crippen LogP contribution is -1.89. The highest BCUT2D eigenvalue weighted by molar-refractivity contribution is 5.54. The SMILES string of the molecule is Cc1ccc(-c2ncc(F)cn2)cc1. The Bertz CT molecular complexity index is 377. The topological polar surface area (TPSA) is 25.8 Å². The van der Waals surface area contributed by atoms with Gasteiger partial charge in [0.1, 0.15) is 0 Å². The quantitative estimate of drug-likeness (QED) is 0.687. The standard InChI is InChI=1S/C11H9FN2/c1-8-2-4-9(5-3-8)11-13-6-10(12)7-14-11/h2-7H,1H3. The summed E-state index contributed by atoms with van der Waals surface area (Å²) in [5.41, 5.74) is 2.08. The summed E-state index contributed by atoms with van der Waals surface area (Å²) in [6, 6.07) is 7.79. The molecule has 0 bridgehead atoms. The second-order valence-corrected chi connectivity index (χ2v) is 3.09. The lowest BCUT2D eigenvalue weighted by Gasteiger charge is -1.99. The van der Waals surface area contributed by atoms with Gasteiger partial charge in [0.2, 0.25) is 0 Å². The van der Waals surface area contributed by atoms with Crippen molar-refractivity contribution in [3.8, 4) is 11.4 Å². The van der Waals surface area contributed by atoms with Crippen molar-refractivity contribution in [2.75, 3.05) is 0 Å². The molecule has 70 valence electrons. The molecule has 2 nitrogen and oxygen atoms in total. The summed E-state index contributed by atoms with van der Waals surface area (Å²) in [6.45, 7) is 2.01. The molecule has 0 radical (unpaired) electrons. The Kier molecular flexibility index (Phi) is 2.23. The average molecular weight is 188 g/mol. The van der Waals surface area contributed by atoms with Gasteiger partial charge in [-0.25, -0.2) is 14.4 Å². The highest BCUT2D eigenvalue weighted by atomic mass is 19.1. The number of nitrogens with zero attached hydrogens (tertiary/aromatic N) is 2. The van der Waals surface area contributed by atoms with Crippen molar-refractivity contribution in [2.24, 2.45) is 0 Å². The lowest BCUT2D eigenvalue weighted by molar-refractivity contribution is 0.614. The second-order valence-electron chi connectivity index (χ2n) is 3.09. The first-order valence-electron chi connectivity index (χ1n) is 4.30. The third-order valence-corrected chi connectivity index (χ3v) is 1.93. The summed E-state index contributed by atoms with van der Waals surface area (Å²) < 4.78 is 12.5. The number of hydrogen-bond acceptors (Lipinski definition) is 2. The third kappa shape index (κ3) is 1.76. The van der Waals surface area contributed by atoms with E-state index in [1.54, 1.807) is 0 Å². The molecule has 2 rings (SSSR count). The summed E-state index contributed by atoms with van der Waals surface area (Å²) in [5.74, 6) is 0.132. The van der Waals surface area contributed by atoms with Gasteiger partial charge >= 0.3 is 0 Å².